The third-order valence-corrected chi connectivity index (χ3v) is 2.64. The van der Waals surface area contributed by atoms with Crippen LogP contribution in [0, 0.1) is 12.8 Å². The summed E-state index contributed by atoms with van der Waals surface area (Å²) in [6.45, 7) is 6.05. The summed E-state index contributed by atoms with van der Waals surface area (Å²) in [6.07, 6.45) is 0. The first-order chi connectivity index (χ1) is 7.18. The Morgan fingerprint density at radius 3 is 3.00 bits per heavy atom. The standard InChI is InChI=1S/C11H16N2O2/c1-8-7-12-5-6-13(11(8)14)10-4-3-9(2)15-10/h3-4,8,12H,5-7H2,1-2H3. The van der Waals surface area contributed by atoms with Gasteiger partial charge in [-0.1, -0.05) is 6.92 Å². The minimum Gasteiger partial charge on any atom is -0.445 e. The maximum atomic E-state index is 12.0. The van der Waals surface area contributed by atoms with Gasteiger partial charge in [0.15, 0.2) is 0 Å². The molecule has 82 valence electrons. The van der Waals surface area contributed by atoms with Gasteiger partial charge in [0.1, 0.15) is 5.76 Å². The number of nitrogens with one attached hydrogen (secondary N) is 1. The van der Waals surface area contributed by atoms with Gasteiger partial charge < -0.3 is 9.73 Å². The first-order valence-electron chi connectivity index (χ1n) is 5.27. The minimum absolute atomic E-state index is 0.0120. The summed E-state index contributed by atoms with van der Waals surface area (Å²) in [5.41, 5.74) is 0. The lowest BCUT2D eigenvalue weighted by molar-refractivity contribution is -0.121. The van der Waals surface area contributed by atoms with Gasteiger partial charge in [0.2, 0.25) is 11.8 Å². The average molecular weight is 208 g/mol. The predicted octanol–water partition coefficient (Wildman–Crippen LogP) is 1.16. The van der Waals surface area contributed by atoms with E-state index < -0.39 is 0 Å². The molecule has 0 spiro atoms. The average Bonchev–Trinajstić information content (AvgIpc) is 2.56. The highest BCUT2D eigenvalue weighted by Gasteiger charge is 2.25. The zero-order valence-corrected chi connectivity index (χ0v) is 9.12. The molecule has 1 aliphatic rings. The highest BCUT2D eigenvalue weighted by Crippen LogP contribution is 2.20. The number of furan rings is 1. The molecule has 1 amide bonds. The van der Waals surface area contributed by atoms with E-state index in [1.54, 1.807) is 4.90 Å². The molecule has 4 heteroatoms. The van der Waals surface area contributed by atoms with Crippen LogP contribution < -0.4 is 10.2 Å². The summed E-state index contributed by atoms with van der Waals surface area (Å²) in [4.78, 5) is 13.7. The SMILES string of the molecule is Cc1ccc(N2CCNCC(C)C2=O)o1. The molecular weight excluding hydrogens is 192 g/mol. The Morgan fingerprint density at radius 2 is 2.33 bits per heavy atom. The fraction of sp³-hybridized carbons (Fsp3) is 0.545. The number of amides is 1. The van der Waals surface area contributed by atoms with Gasteiger partial charge >= 0.3 is 0 Å². The lowest BCUT2D eigenvalue weighted by Crippen LogP contribution is -2.35. The Labute approximate surface area is 89.2 Å². The molecule has 4 nitrogen and oxygen atoms in total. The summed E-state index contributed by atoms with van der Waals surface area (Å²) >= 11 is 0. The first kappa shape index (κ1) is 10.2. The zero-order chi connectivity index (χ0) is 10.8. The molecule has 2 heterocycles. The van der Waals surface area contributed by atoms with Crippen molar-refractivity contribution in [3.05, 3.63) is 17.9 Å². The Kier molecular flexibility index (Phi) is 2.77. The van der Waals surface area contributed by atoms with Crippen molar-refractivity contribution in [2.75, 3.05) is 24.5 Å². The van der Waals surface area contributed by atoms with Gasteiger partial charge in [-0.15, -0.1) is 0 Å². The van der Waals surface area contributed by atoms with Crippen LogP contribution in [0.15, 0.2) is 16.5 Å². The number of carbonyl (C=O) groups is 1. The Balaban J connectivity index is 2.22. The maximum absolute atomic E-state index is 12.0. The first-order valence-corrected chi connectivity index (χ1v) is 5.27. The number of rotatable bonds is 1. The monoisotopic (exact) mass is 208 g/mol. The van der Waals surface area contributed by atoms with Crippen LogP contribution in [0.4, 0.5) is 5.88 Å². The number of aryl methyl sites for hydroxylation is 1. The molecule has 15 heavy (non-hydrogen) atoms. The second kappa shape index (κ2) is 4.06. The topological polar surface area (TPSA) is 45.5 Å². The Hall–Kier alpha value is -1.29. The summed E-state index contributed by atoms with van der Waals surface area (Å²) in [7, 11) is 0. The van der Waals surface area contributed by atoms with E-state index in [4.69, 9.17) is 4.42 Å². The second-order valence-corrected chi connectivity index (χ2v) is 3.98. The normalized spacial score (nSPS) is 22.9. The number of carbonyl (C=O) groups excluding carboxylic acids is 1. The van der Waals surface area contributed by atoms with Crippen molar-refractivity contribution >= 4 is 11.8 Å². The van der Waals surface area contributed by atoms with Crippen LogP contribution >= 0.6 is 0 Å². The summed E-state index contributed by atoms with van der Waals surface area (Å²) in [5, 5.41) is 3.23. The lowest BCUT2D eigenvalue weighted by Gasteiger charge is -2.19. The van der Waals surface area contributed by atoms with E-state index in [0.29, 0.717) is 12.4 Å². The van der Waals surface area contributed by atoms with E-state index in [1.807, 2.05) is 26.0 Å². The molecule has 0 aromatic carbocycles. The molecule has 1 fully saturated rings. The molecule has 1 aliphatic heterocycles. The van der Waals surface area contributed by atoms with E-state index >= 15 is 0 Å². The summed E-state index contributed by atoms with van der Waals surface area (Å²) < 4.78 is 5.47. The van der Waals surface area contributed by atoms with Gasteiger partial charge in [-0.3, -0.25) is 9.69 Å². The molecular formula is C11H16N2O2. The van der Waals surface area contributed by atoms with Gasteiger partial charge in [-0.25, -0.2) is 0 Å². The van der Waals surface area contributed by atoms with Gasteiger partial charge in [-0.05, 0) is 13.0 Å². The largest absolute Gasteiger partial charge is 0.445 e. The molecule has 1 aromatic heterocycles. The van der Waals surface area contributed by atoms with Crippen LogP contribution in [0.1, 0.15) is 12.7 Å². The maximum Gasteiger partial charge on any atom is 0.233 e. The van der Waals surface area contributed by atoms with E-state index in [9.17, 15) is 4.79 Å². The van der Waals surface area contributed by atoms with Crippen molar-refractivity contribution < 1.29 is 9.21 Å². The fourth-order valence-electron chi connectivity index (χ4n) is 1.76. The van der Waals surface area contributed by atoms with Crippen molar-refractivity contribution in [3.63, 3.8) is 0 Å². The van der Waals surface area contributed by atoms with Crippen molar-refractivity contribution in [1.82, 2.24) is 5.32 Å². The lowest BCUT2D eigenvalue weighted by atomic mass is 10.1. The molecule has 2 rings (SSSR count). The molecule has 0 aliphatic carbocycles. The van der Waals surface area contributed by atoms with Gasteiger partial charge in [0.25, 0.3) is 0 Å². The molecule has 1 atom stereocenters. The number of nitrogens with zero attached hydrogens (tertiary/aromatic N) is 1. The second-order valence-electron chi connectivity index (χ2n) is 3.98. The molecule has 1 saturated heterocycles. The van der Waals surface area contributed by atoms with Crippen LogP contribution in [-0.4, -0.2) is 25.5 Å². The highest BCUT2D eigenvalue weighted by atomic mass is 16.4. The van der Waals surface area contributed by atoms with Gasteiger partial charge in [-0.2, -0.15) is 0 Å². The van der Waals surface area contributed by atoms with Crippen molar-refractivity contribution in [2.45, 2.75) is 13.8 Å². The van der Waals surface area contributed by atoms with Gasteiger partial charge in [0.05, 0.1) is 0 Å². The summed E-state index contributed by atoms with van der Waals surface area (Å²) in [6, 6.07) is 3.73. The van der Waals surface area contributed by atoms with Crippen molar-refractivity contribution in [2.24, 2.45) is 5.92 Å². The van der Waals surface area contributed by atoms with E-state index in [-0.39, 0.29) is 11.8 Å². The Morgan fingerprint density at radius 1 is 1.53 bits per heavy atom. The van der Waals surface area contributed by atoms with Crippen molar-refractivity contribution in [3.8, 4) is 0 Å². The van der Waals surface area contributed by atoms with Crippen LogP contribution in [0.5, 0.6) is 0 Å². The molecule has 1 aromatic rings. The molecule has 1 unspecified atom stereocenters. The zero-order valence-electron chi connectivity index (χ0n) is 9.12. The fourth-order valence-corrected chi connectivity index (χ4v) is 1.76. The van der Waals surface area contributed by atoms with E-state index in [2.05, 4.69) is 5.32 Å². The third kappa shape index (κ3) is 2.04. The Bertz CT molecular complexity index is 359. The van der Waals surface area contributed by atoms with Crippen LogP contribution in [0.25, 0.3) is 0 Å². The quantitative estimate of drug-likeness (QED) is 0.753. The smallest absolute Gasteiger partial charge is 0.233 e. The minimum atomic E-state index is 0.0120. The van der Waals surface area contributed by atoms with Crippen LogP contribution in [-0.2, 0) is 4.79 Å². The van der Waals surface area contributed by atoms with E-state index in [0.717, 1.165) is 18.8 Å². The number of anilines is 1. The predicted molar refractivity (Wildman–Crippen MR) is 57.8 cm³/mol. The van der Waals surface area contributed by atoms with E-state index in [1.165, 1.54) is 0 Å². The third-order valence-electron chi connectivity index (χ3n) is 2.64. The molecule has 0 bridgehead atoms. The number of hydrogen-bond acceptors (Lipinski definition) is 3. The highest BCUT2D eigenvalue weighted by molar-refractivity contribution is 5.94. The van der Waals surface area contributed by atoms with Gasteiger partial charge in [0, 0.05) is 31.6 Å². The molecule has 1 N–H and O–H groups in total. The molecule has 0 radical (unpaired) electrons. The molecule has 0 saturated carbocycles. The van der Waals surface area contributed by atoms with Crippen molar-refractivity contribution in [1.29, 1.82) is 0 Å². The van der Waals surface area contributed by atoms with Crippen LogP contribution in [0.3, 0.4) is 0 Å². The number of hydrogen-bond donors (Lipinski definition) is 1. The van der Waals surface area contributed by atoms with Crippen LogP contribution in [0.2, 0.25) is 0 Å². The summed E-state index contributed by atoms with van der Waals surface area (Å²) in [5.74, 6) is 1.64.